The van der Waals surface area contributed by atoms with E-state index >= 15 is 0 Å². The van der Waals surface area contributed by atoms with Gasteiger partial charge in [-0.2, -0.15) is 0 Å². The Morgan fingerprint density at radius 3 is 2.41 bits per heavy atom. The number of aliphatic carboxylic acids is 1. The Morgan fingerprint density at radius 2 is 1.86 bits per heavy atom. The van der Waals surface area contributed by atoms with Crippen LogP contribution in [0, 0.1) is 0 Å². The van der Waals surface area contributed by atoms with Crippen molar-refractivity contribution in [1.82, 2.24) is 9.21 Å². The van der Waals surface area contributed by atoms with Crippen molar-refractivity contribution < 1.29 is 23.1 Å². The third-order valence-electron chi connectivity index (χ3n) is 3.65. The minimum absolute atomic E-state index is 0.0687. The highest BCUT2D eigenvalue weighted by Crippen LogP contribution is 2.21. The summed E-state index contributed by atoms with van der Waals surface area (Å²) in [5.74, 6) is -1.24. The van der Waals surface area contributed by atoms with Crippen molar-refractivity contribution in [2.75, 3.05) is 26.7 Å². The van der Waals surface area contributed by atoms with Crippen LogP contribution in [0.15, 0.2) is 30.3 Å². The van der Waals surface area contributed by atoms with Crippen LogP contribution in [-0.2, 0) is 14.8 Å². The molecule has 1 aromatic rings. The van der Waals surface area contributed by atoms with Gasteiger partial charge in [0, 0.05) is 32.2 Å². The number of rotatable bonds is 6. The van der Waals surface area contributed by atoms with Gasteiger partial charge < -0.3 is 10.0 Å². The van der Waals surface area contributed by atoms with Gasteiger partial charge in [0.05, 0.1) is 6.42 Å². The number of carboxylic acids is 1. The fourth-order valence-electron chi connectivity index (χ4n) is 2.19. The highest BCUT2D eigenvalue weighted by atomic mass is 32.2. The maximum Gasteiger partial charge on any atom is 0.304 e. The standard InChI is InChI=1S/C14H18N2O5S/c1-15(8-7-13(17)18)22(20,21)12-9-16(10-12)14(19)11-5-3-2-4-6-11/h2-6,12H,7-10H2,1H3,(H,17,18). The summed E-state index contributed by atoms with van der Waals surface area (Å²) in [5, 5.41) is 7.94. The second-order valence-corrected chi connectivity index (χ2v) is 7.53. The normalized spacial score (nSPS) is 15.6. The summed E-state index contributed by atoms with van der Waals surface area (Å²) in [6.45, 7) is 0.196. The molecule has 1 aliphatic rings. The van der Waals surface area contributed by atoms with Crippen molar-refractivity contribution in [2.24, 2.45) is 0 Å². The SMILES string of the molecule is CN(CCC(=O)O)S(=O)(=O)C1CN(C(=O)c2ccccc2)C1. The van der Waals surface area contributed by atoms with Crippen molar-refractivity contribution in [3.63, 3.8) is 0 Å². The number of hydrogen-bond donors (Lipinski definition) is 1. The summed E-state index contributed by atoms with van der Waals surface area (Å²) in [5.41, 5.74) is 0.526. The zero-order valence-corrected chi connectivity index (χ0v) is 13.0. The number of hydrogen-bond acceptors (Lipinski definition) is 4. The largest absolute Gasteiger partial charge is 0.481 e. The van der Waals surface area contributed by atoms with E-state index < -0.39 is 21.2 Å². The zero-order valence-electron chi connectivity index (χ0n) is 12.2. The predicted molar refractivity (Wildman–Crippen MR) is 79.9 cm³/mol. The molecule has 1 saturated heterocycles. The molecule has 1 aliphatic heterocycles. The fraction of sp³-hybridized carbons (Fsp3) is 0.429. The highest BCUT2D eigenvalue weighted by Gasteiger charge is 2.41. The molecule has 1 amide bonds. The number of likely N-dealkylation sites (tertiary alicyclic amines) is 1. The Morgan fingerprint density at radius 1 is 1.27 bits per heavy atom. The summed E-state index contributed by atoms with van der Waals surface area (Å²) in [6, 6.07) is 8.67. The number of carboxylic acid groups (broad SMARTS) is 1. The smallest absolute Gasteiger partial charge is 0.304 e. The zero-order chi connectivity index (χ0) is 16.3. The van der Waals surface area contributed by atoms with Crippen LogP contribution < -0.4 is 0 Å². The number of amides is 1. The lowest BCUT2D eigenvalue weighted by atomic mass is 10.1. The monoisotopic (exact) mass is 326 g/mol. The topological polar surface area (TPSA) is 95.0 Å². The third-order valence-corrected chi connectivity index (χ3v) is 5.84. The van der Waals surface area contributed by atoms with E-state index in [0.717, 1.165) is 4.31 Å². The average molecular weight is 326 g/mol. The molecule has 7 nitrogen and oxygen atoms in total. The first-order valence-electron chi connectivity index (χ1n) is 6.83. The molecule has 0 spiro atoms. The molecule has 0 unspecified atom stereocenters. The van der Waals surface area contributed by atoms with E-state index in [1.54, 1.807) is 30.3 Å². The van der Waals surface area contributed by atoms with Crippen LogP contribution in [0.3, 0.4) is 0 Å². The molecule has 22 heavy (non-hydrogen) atoms. The van der Waals surface area contributed by atoms with Crippen LogP contribution in [0.4, 0.5) is 0 Å². The lowest BCUT2D eigenvalue weighted by Crippen LogP contribution is -2.59. The second-order valence-electron chi connectivity index (χ2n) is 5.21. The van der Waals surface area contributed by atoms with Crippen molar-refractivity contribution in [1.29, 1.82) is 0 Å². The predicted octanol–water partition coefficient (Wildman–Crippen LogP) is 0.247. The van der Waals surface area contributed by atoms with E-state index in [1.165, 1.54) is 11.9 Å². The van der Waals surface area contributed by atoms with Crippen LogP contribution in [-0.4, -0.2) is 66.5 Å². The van der Waals surface area contributed by atoms with Crippen molar-refractivity contribution in [3.8, 4) is 0 Å². The minimum atomic E-state index is -3.57. The van der Waals surface area contributed by atoms with Crippen molar-refractivity contribution in [2.45, 2.75) is 11.7 Å². The van der Waals surface area contributed by atoms with Gasteiger partial charge in [0.1, 0.15) is 5.25 Å². The van der Waals surface area contributed by atoms with E-state index in [9.17, 15) is 18.0 Å². The van der Waals surface area contributed by atoms with Gasteiger partial charge in [0.25, 0.3) is 5.91 Å². The highest BCUT2D eigenvalue weighted by molar-refractivity contribution is 7.89. The molecule has 0 aromatic heterocycles. The first-order valence-corrected chi connectivity index (χ1v) is 8.34. The van der Waals surface area contributed by atoms with Gasteiger partial charge in [-0.1, -0.05) is 18.2 Å². The Bertz CT molecular complexity index is 653. The van der Waals surface area contributed by atoms with Gasteiger partial charge in [-0.25, -0.2) is 12.7 Å². The van der Waals surface area contributed by atoms with Crippen LogP contribution in [0.1, 0.15) is 16.8 Å². The second kappa shape index (κ2) is 6.45. The lowest BCUT2D eigenvalue weighted by molar-refractivity contribution is -0.137. The molecule has 1 heterocycles. The molecule has 120 valence electrons. The third kappa shape index (κ3) is 3.45. The fourth-order valence-corrected chi connectivity index (χ4v) is 3.78. The van der Waals surface area contributed by atoms with E-state index in [4.69, 9.17) is 5.11 Å². The van der Waals surface area contributed by atoms with Gasteiger partial charge in [-0.05, 0) is 12.1 Å². The summed E-state index contributed by atoms with van der Waals surface area (Å²) in [4.78, 5) is 24.1. The first kappa shape index (κ1) is 16.4. The lowest BCUT2D eigenvalue weighted by Gasteiger charge is -2.40. The van der Waals surface area contributed by atoms with Gasteiger partial charge in [-0.3, -0.25) is 9.59 Å². The number of carbonyl (C=O) groups excluding carboxylic acids is 1. The van der Waals surface area contributed by atoms with E-state index in [-0.39, 0.29) is 32.0 Å². The molecule has 0 saturated carbocycles. The van der Waals surface area contributed by atoms with Gasteiger partial charge in [0.15, 0.2) is 0 Å². The molecular formula is C14H18N2O5S. The van der Waals surface area contributed by atoms with Gasteiger partial charge >= 0.3 is 5.97 Å². The molecule has 1 N–H and O–H groups in total. The van der Waals surface area contributed by atoms with E-state index in [1.807, 2.05) is 0 Å². The van der Waals surface area contributed by atoms with Gasteiger partial charge in [0.2, 0.25) is 10.0 Å². The van der Waals surface area contributed by atoms with Crippen molar-refractivity contribution >= 4 is 21.9 Å². The quantitative estimate of drug-likeness (QED) is 0.808. The molecule has 2 rings (SSSR count). The molecule has 1 fully saturated rings. The number of benzene rings is 1. The number of sulfonamides is 1. The van der Waals surface area contributed by atoms with Crippen molar-refractivity contribution in [3.05, 3.63) is 35.9 Å². The molecule has 0 bridgehead atoms. The molecule has 1 aromatic carbocycles. The number of carbonyl (C=O) groups is 2. The van der Waals surface area contributed by atoms with Crippen LogP contribution in [0.5, 0.6) is 0 Å². The molecule has 8 heteroatoms. The molecule has 0 aliphatic carbocycles. The number of nitrogens with zero attached hydrogens (tertiary/aromatic N) is 2. The molecule has 0 atom stereocenters. The summed E-state index contributed by atoms with van der Waals surface area (Å²) in [7, 11) is -2.21. The maximum atomic E-state index is 12.2. The Kier molecular flexibility index (Phi) is 4.82. The van der Waals surface area contributed by atoms with E-state index in [0.29, 0.717) is 5.56 Å². The van der Waals surface area contributed by atoms with Gasteiger partial charge in [-0.15, -0.1) is 0 Å². The summed E-state index contributed by atoms with van der Waals surface area (Å²) >= 11 is 0. The summed E-state index contributed by atoms with van der Waals surface area (Å²) in [6.07, 6.45) is -0.241. The first-order chi connectivity index (χ1) is 10.3. The Balaban J connectivity index is 1.92. The molecule has 0 radical (unpaired) electrons. The average Bonchev–Trinajstić information content (AvgIpc) is 2.43. The van der Waals surface area contributed by atoms with E-state index in [2.05, 4.69) is 0 Å². The minimum Gasteiger partial charge on any atom is -0.481 e. The Hall–Kier alpha value is -1.93. The van der Waals surface area contributed by atoms with Crippen LogP contribution in [0.2, 0.25) is 0 Å². The maximum absolute atomic E-state index is 12.2. The van der Waals surface area contributed by atoms with Crippen LogP contribution >= 0.6 is 0 Å². The summed E-state index contributed by atoms with van der Waals surface area (Å²) < 4.78 is 25.5. The molecular weight excluding hydrogens is 308 g/mol. The Labute approximate surface area is 129 Å². The van der Waals surface area contributed by atoms with Crippen LogP contribution in [0.25, 0.3) is 0 Å².